The Labute approximate surface area is 127 Å². The van der Waals surface area contributed by atoms with Gasteiger partial charge in [-0.3, -0.25) is 0 Å². The number of hydrogen-bond donors (Lipinski definition) is 2. The summed E-state index contributed by atoms with van der Waals surface area (Å²) in [6.07, 6.45) is 1.84. The van der Waals surface area contributed by atoms with E-state index in [2.05, 4.69) is 20.7 Å². The minimum absolute atomic E-state index is 0.0671. The lowest BCUT2D eigenvalue weighted by molar-refractivity contribution is 0.282. The fourth-order valence-electron chi connectivity index (χ4n) is 1.68. The second kappa shape index (κ2) is 7.08. The molecule has 0 saturated heterocycles. The first-order valence-corrected chi connectivity index (χ1v) is 9.30. The van der Waals surface area contributed by atoms with Gasteiger partial charge in [-0.05, 0) is 37.8 Å². The SMILES string of the molecule is CSC(CO)C(C)NS(=O)(=O)c1cc(Br)ccc1C. The van der Waals surface area contributed by atoms with Gasteiger partial charge in [-0.25, -0.2) is 13.1 Å². The van der Waals surface area contributed by atoms with Crippen LogP contribution in [0.4, 0.5) is 0 Å². The average Bonchev–Trinajstić information content (AvgIpc) is 2.33. The number of rotatable bonds is 6. The zero-order valence-corrected chi connectivity index (χ0v) is 14.3. The van der Waals surface area contributed by atoms with Crippen LogP contribution in [0.25, 0.3) is 0 Å². The highest BCUT2D eigenvalue weighted by Gasteiger charge is 2.24. The molecular formula is C12H18BrNO3S2. The van der Waals surface area contributed by atoms with Gasteiger partial charge in [0.1, 0.15) is 0 Å². The molecule has 0 fully saturated rings. The first-order chi connectivity index (χ1) is 8.81. The predicted molar refractivity (Wildman–Crippen MR) is 83.1 cm³/mol. The van der Waals surface area contributed by atoms with Crippen molar-refractivity contribution in [3.05, 3.63) is 28.2 Å². The molecule has 0 radical (unpaired) electrons. The molecule has 0 aromatic heterocycles. The van der Waals surface area contributed by atoms with E-state index < -0.39 is 10.0 Å². The van der Waals surface area contributed by atoms with Crippen molar-refractivity contribution in [1.29, 1.82) is 0 Å². The Hall–Kier alpha value is -0.0800. The van der Waals surface area contributed by atoms with Crippen LogP contribution in [0.5, 0.6) is 0 Å². The summed E-state index contributed by atoms with van der Waals surface area (Å²) in [4.78, 5) is 0.256. The third-order valence-electron chi connectivity index (χ3n) is 2.82. The number of benzene rings is 1. The normalized spacial score (nSPS) is 15.2. The van der Waals surface area contributed by atoms with Crippen LogP contribution in [0, 0.1) is 6.92 Å². The van der Waals surface area contributed by atoms with E-state index in [9.17, 15) is 13.5 Å². The van der Waals surface area contributed by atoms with Crippen LogP contribution in [0.1, 0.15) is 12.5 Å². The van der Waals surface area contributed by atoms with Gasteiger partial charge in [0, 0.05) is 15.8 Å². The Kier molecular flexibility index (Phi) is 6.32. The van der Waals surface area contributed by atoms with Crippen molar-refractivity contribution < 1.29 is 13.5 Å². The van der Waals surface area contributed by atoms with Gasteiger partial charge in [-0.1, -0.05) is 22.0 Å². The first-order valence-electron chi connectivity index (χ1n) is 5.74. The average molecular weight is 368 g/mol. The smallest absolute Gasteiger partial charge is 0.241 e. The highest BCUT2D eigenvalue weighted by atomic mass is 79.9. The van der Waals surface area contributed by atoms with Crippen molar-refractivity contribution in [2.24, 2.45) is 0 Å². The number of sulfonamides is 1. The predicted octanol–water partition coefficient (Wildman–Crippen LogP) is 2.15. The molecule has 0 aliphatic rings. The standard InChI is InChI=1S/C12H18BrNO3S2/c1-8-4-5-10(13)6-12(8)19(16,17)14-9(2)11(7-15)18-3/h4-6,9,11,14-15H,7H2,1-3H3. The molecule has 19 heavy (non-hydrogen) atoms. The van der Waals surface area contributed by atoms with E-state index in [1.165, 1.54) is 11.8 Å². The summed E-state index contributed by atoms with van der Waals surface area (Å²) in [5, 5.41) is 9.03. The molecule has 7 heteroatoms. The van der Waals surface area contributed by atoms with Gasteiger partial charge in [0.2, 0.25) is 10.0 Å². The van der Waals surface area contributed by atoms with Crippen molar-refractivity contribution in [2.45, 2.75) is 30.0 Å². The molecule has 0 aliphatic carbocycles. The zero-order chi connectivity index (χ0) is 14.6. The summed E-state index contributed by atoms with van der Waals surface area (Å²) in [6, 6.07) is 4.79. The summed E-state index contributed by atoms with van der Waals surface area (Å²) >= 11 is 4.71. The van der Waals surface area contributed by atoms with Gasteiger partial charge < -0.3 is 5.11 Å². The van der Waals surface area contributed by atoms with Crippen LogP contribution in [-0.4, -0.2) is 37.7 Å². The van der Waals surface area contributed by atoms with Gasteiger partial charge in [0.25, 0.3) is 0 Å². The lowest BCUT2D eigenvalue weighted by Crippen LogP contribution is -2.41. The number of aryl methyl sites for hydroxylation is 1. The molecular weight excluding hydrogens is 350 g/mol. The van der Waals surface area contributed by atoms with Crippen LogP contribution in [0.3, 0.4) is 0 Å². The van der Waals surface area contributed by atoms with Crippen molar-refractivity contribution in [3.8, 4) is 0 Å². The lowest BCUT2D eigenvalue weighted by atomic mass is 10.2. The number of aliphatic hydroxyl groups excluding tert-OH is 1. The molecule has 2 atom stereocenters. The van der Waals surface area contributed by atoms with Crippen LogP contribution in [0.2, 0.25) is 0 Å². The molecule has 1 aromatic carbocycles. The summed E-state index contributed by atoms with van der Waals surface area (Å²) in [5.74, 6) is 0. The number of halogens is 1. The molecule has 2 unspecified atom stereocenters. The van der Waals surface area contributed by atoms with Crippen LogP contribution >= 0.6 is 27.7 Å². The van der Waals surface area contributed by atoms with Crippen LogP contribution in [-0.2, 0) is 10.0 Å². The maximum atomic E-state index is 12.3. The van der Waals surface area contributed by atoms with Crippen molar-refractivity contribution in [2.75, 3.05) is 12.9 Å². The van der Waals surface area contributed by atoms with Crippen molar-refractivity contribution in [3.63, 3.8) is 0 Å². The number of thioether (sulfide) groups is 1. The van der Waals surface area contributed by atoms with E-state index in [1.54, 1.807) is 32.0 Å². The Morgan fingerprint density at radius 3 is 2.63 bits per heavy atom. The maximum absolute atomic E-state index is 12.3. The molecule has 4 nitrogen and oxygen atoms in total. The maximum Gasteiger partial charge on any atom is 0.241 e. The summed E-state index contributed by atoms with van der Waals surface area (Å²) in [6.45, 7) is 3.44. The van der Waals surface area contributed by atoms with Crippen LogP contribution < -0.4 is 4.72 Å². The van der Waals surface area contributed by atoms with Crippen molar-refractivity contribution in [1.82, 2.24) is 4.72 Å². The minimum Gasteiger partial charge on any atom is -0.395 e. The molecule has 0 amide bonds. The van der Waals surface area contributed by atoms with E-state index in [4.69, 9.17) is 0 Å². The summed E-state index contributed by atoms with van der Waals surface area (Å²) in [7, 11) is -3.58. The van der Waals surface area contributed by atoms with E-state index in [0.29, 0.717) is 5.56 Å². The Balaban J connectivity index is 3.01. The molecule has 0 saturated carbocycles. The number of hydrogen-bond acceptors (Lipinski definition) is 4. The van der Waals surface area contributed by atoms with Crippen molar-refractivity contribution >= 4 is 37.7 Å². The lowest BCUT2D eigenvalue weighted by Gasteiger charge is -2.21. The van der Waals surface area contributed by atoms with E-state index >= 15 is 0 Å². The van der Waals surface area contributed by atoms with Gasteiger partial charge in [0.05, 0.1) is 11.5 Å². The molecule has 1 rings (SSSR count). The largest absolute Gasteiger partial charge is 0.395 e. The minimum atomic E-state index is -3.58. The molecule has 1 aromatic rings. The Morgan fingerprint density at radius 1 is 1.47 bits per heavy atom. The summed E-state index contributed by atoms with van der Waals surface area (Å²) in [5.41, 5.74) is 0.688. The number of aliphatic hydroxyl groups is 1. The van der Waals surface area contributed by atoms with Gasteiger partial charge in [0.15, 0.2) is 0 Å². The second-order valence-electron chi connectivity index (χ2n) is 4.28. The Morgan fingerprint density at radius 2 is 2.11 bits per heavy atom. The van der Waals surface area contributed by atoms with E-state index in [-0.39, 0.29) is 22.8 Å². The highest BCUT2D eigenvalue weighted by molar-refractivity contribution is 9.10. The van der Waals surface area contributed by atoms with E-state index in [1.807, 2.05) is 6.26 Å². The third kappa shape index (κ3) is 4.46. The van der Waals surface area contributed by atoms with Gasteiger partial charge >= 0.3 is 0 Å². The second-order valence-corrected chi connectivity index (χ2v) is 7.95. The third-order valence-corrected chi connectivity index (χ3v) is 6.18. The molecule has 2 N–H and O–H groups in total. The fourth-order valence-corrected chi connectivity index (χ4v) is 4.46. The molecule has 0 bridgehead atoms. The monoisotopic (exact) mass is 367 g/mol. The molecule has 0 spiro atoms. The fraction of sp³-hybridized carbons (Fsp3) is 0.500. The van der Waals surface area contributed by atoms with Gasteiger partial charge in [-0.2, -0.15) is 11.8 Å². The van der Waals surface area contributed by atoms with Crippen LogP contribution in [0.15, 0.2) is 27.6 Å². The molecule has 0 aliphatic heterocycles. The quantitative estimate of drug-likeness (QED) is 0.808. The number of nitrogens with one attached hydrogen (secondary N) is 1. The topological polar surface area (TPSA) is 66.4 Å². The van der Waals surface area contributed by atoms with Gasteiger partial charge in [-0.15, -0.1) is 0 Å². The molecule has 0 heterocycles. The summed E-state index contributed by atoms with van der Waals surface area (Å²) < 4.78 is 28.0. The molecule has 108 valence electrons. The highest BCUT2D eigenvalue weighted by Crippen LogP contribution is 2.21. The zero-order valence-electron chi connectivity index (χ0n) is 11.1. The Bertz CT molecular complexity index is 530. The first kappa shape index (κ1) is 17.0. The van der Waals surface area contributed by atoms with E-state index in [0.717, 1.165) is 4.47 Å².